The van der Waals surface area contributed by atoms with E-state index in [-0.39, 0.29) is 23.7 Å². The van der Waals surface area contributed by atoms with Crippen LogP contribution in [0.25, 0.3) is 0 Å². The third kappa shape index (κ3) is 2.27. The number of nitrogens with two attached hydrogens (primary N) is 1. The Bertz CT molecular complexity index is 492. The number of carbonyl (C=O) groups is 2. The summed E-state index contributed by atoms with van der Waals surface area (Å²) in [5.74, 6) is -0.675. The van der Waals surface area contributed by atoms with E-state index < -0.39 is 0 Å². The second-order valence-corrected chi connectivity index (χ2v) is 4.89. The summed E-state index contributed by atoms with van der Waals surface area (Å²) in [5, 5.41) is 3.95. The van der Waals surface area contributed by atoms with E-state index in [9.17, 15) is 9.59 Å². The van der Waals surface area contributed by atoms with Crippen molar-refractivity contribution >= 4 is 17.6 Å². The minimum absolute atomic E-state index is 0.0749. The van der Waals surface area contributed by atoms with Gasteiger partial charge in [-0.1, -0.05) is 6.92 Å². The van der Waals surface area contributed by atoms with Crippen molar-refractivity contribution in [3.8, 4) is 0 Å². The molecule has 7 heteroatoms. The van der Waals surface area contributed by atoms with E-state index in [4.69, 9.17) is 10.5 Å². The molecule has 0 aromatic carbocycles. The highest BCUT2D eigenvalue weighted by molar-refractivity contribution is 5.97. The molecule has 1 fully saturated rings. The first kappa shape index (κ1) is 13.4. The molecule has 1 aliphatic heterocycles. The summed E-state index contributed by atoms with van der Waals surface area (Å²) in [7, 11) is 3.03. The fourth-order valence-corrected chi connectivity index (χ4v) is 2.46. The molecular weight excluding hydrogens is 248 g/mol. The highest BCUT2D eigenvalue weighted by Crippen LogP contribution is 2.26. The topological polar surface area (TPSA) is 90.4 Å². The number of carbonyl (C=O) groups excluding carboxylic acids is 2. The monoisotopic (exact) mass is 266 g/mol. The molecule has 0 saturated carbocycles. The molecule has 1 aliphatic rings. The molecule has 0 bridgehead atoms. The van der Waals surface area contributed by atoms with Crippen molar-refractivity contribution in [2.75, 3.05) is 25.9 Å². The second kappa shape index (κ2) is 4.91. The number of amides is 1. The van der Waals surface area contributed by atoms with Crippen LogP contribution in [0.5, 0.6) is 0 Å². The maximum atomic E-state index is 12.4. The lowest BCUT2D eigenvalue weighted by Gasteiger charge is -2.16. The van der Waals surface area contributed by atoms with Gasteiger partial charge in [0, 0.05) is 20.1 Å². The third-order valence-corrected chi connectivity index (χ3v) is 3.57. The molecule has 2 N–H and O–H groups in total. The third-order valence-electron chi connectivity index (χ3n) is 3.57. The molecule has 104 valence electrons. The highest BCUT2D eigenvalue weighted by atomic mass is 16.5. The second-order valence-electron chi connectivity index (χ2n) is 4.89. The molecule has 1 aromatic rings. The molecule has 19 heavy (non-hydrogen) atoms. The van der Waals surface area contributed by atoms with Gasteiger partial charge in [-0.15, -0.1) is 0 Å². The highest BCUT2D eigenvalue weighted by Gasteiger charge is 2.38. The van der Waals surface area contributed by atoms with Crippen LogP contribution in [0.3, 0.4) is 0 Å². The average Bonchev–Trinajstić information content (AvgIpc) is 2.92. The van der Waals surface area contributed by atoms with Gasteiger partial charge in [-0.05, 0) is 5.92 Å². The number of ether oxygens (including phenoxy) is 1. The molecule has 1 amide bonds. The zero-order valence-corrected chi connectivity index (χ0v) is 11.3. The van der Waals surface area contributed by atoms with Gasteiger partial charge in [-0.25, -0.2) is 0 Å². The van der Waals surface area contributed by atoms with Gasteiger partial charge in [-0.2, -0.15) is 5.10 Å². The smallest absolute Gasteiger partial charge is 0.310 e. The van der Waals surface area contributed by atoms with Crippen molar-refractivity contribution in [3.63, 3.8) is 0 Å². The van der Waals surface area contributed by atoms with Gasteiger partial charge in [0.1, 0.15) is 5.69 Å². The SMILES string of the molecule is COC(=O)C1CN(C(=O)c2c(N)cnn2C)CC1C. The predicted molar refractivity (Wildman–Crippen MR) is 68.2 cm³/mol. The molecule has 0 aliphatic carbocycles. The molecule has 0 spiro atoms. The van der Waals surface area contributed by atoms with Crippen LogP contribution >= 0.6 is 0 Å². The number of anilines is 1. The van der Waals surface area contributed by atoms with Crippen LogP contribution in [0, 0.1) is 11.8 Å². The van der Waals surface area contributed by atoms with Crippen molar-refractivity contribution in [1.29, 1.82) is 0 Å². The Morgan fingerprint density at radius 3 is 2.68 bits per heavy atom. The van der Waals surface area contributed by atoms with Crippen LogP contribution in [0.15, 0.2) is 6.20 Å². The van der Waals surface area contributed by atoms with Gasteiger partial charge in [0.25, 0.3) is 5.91 Å². The normalized spacial score (nSPS) is 22.6. The van der Waals surface area contributed by atoms with Gasteiger partial charge < -0.3 is 15.4 Å². The number of rotatable bonds is 2. The van der Waals surface area contributed by atoms with Crippen LogP contribution in [0.2, 0.25) is 0 Å². The maximum absolute atomic E-state index is 12.4. The Morgan fingerprint density at radius 2 is 2.16 bits per heavy atom. The van der Waals surface area contributed by atoms with Crippen LogP contribution < -0.4 is 5.73 Å². The summed E-state index contributed by atoms with van der Waals surface area (Å²) in [4.78, 5) is 25.6. The standard InChI is InChI=1S/C12H18N4O3/c1-7-5-16(6-8(7)12(18)19-3)11(17)10-9(13)4-14-15(10)2/h4,7-8H,5-6,13H2,1-3H3. The summed E-state index contributed by atoms with van der Waals surface area (Å²) in [6.45, 7) is 2.81. The Hall–Kier alpha value is -2.05. The van der Waals surface area contributed by atoms with E-state index in [1.54, 1.807) is 11.9 Å². The largest absolute Gasteiger partial charge is 0.469 e. The molecule has 0 radical (unpaired) electrons. The summed E-state index contributed by atoms with van der Waals surface area (Å²) in [5.41, 5.74) is 6.45. The molecular formula is C12H18N4O3. The Kier molecular flexibility index (Phi) is 3.46. The number of aromatic nitrogens is 2. The van der Waals surface area contributed by atoms with Crippen molar-refractivity contribution in [3.05, 3.63) is 11.9 Å². The zero-order valence-electron chi connectivity index (χ0n) is 11.3. The molecule has 2 heterocycles. The average molecular weight is 266 g/mol. The molecule has 1 aromatic heterocycles. The van der Waals surface area contributed by atoms with Gasteiger partial charge in [0.2, 0.25) is 0 Å². The number of aryl methyl sites for hydroxylation is 1. The summed E-state index contributed by atoms with van der Waals surface area (Å²) in [6, 6.07) is 0. The van der Waals surface area contributed by atoms with Crippen LogP contribution in [-0.2, 0) is 16.6 Å². The molecule has 2 atom stereocenters. The van der Waals surface area contributed by atoms with Crippen molar-refractivity contribution < 1.29 is 14.3 Å². The van der Waals surface area contributed by atoms with Crippen molar-refractivity contribution in [2.45, 2.75) is 6.92 Å². The summed E-state index contributed by atoms with van der Waals surface area (Å²) in [6.07, 6.45) is 1.45. The van der Waals surface area contributed by atoms with Crippen molar-refractivity contribution in [1.82, 2.24) is 14.7 Å². The fourth-order valence-electron chi connectivity index (χ4n) is 2.46. The van der Waals surface area contributed by atoms with E-state index >= 15 is 0 Å². The lowest BCUT2D eigenvalue weighted by molar-refractivity contribution is -0.146. The Morgan fingerprint density at radius 1 is 1.47 bits per heavy atom. The van der Waals surface area contributed by atoms with Crippen LogP contribution in [0.4, 0.5) is 5.69 Å². The number of nitrogens with zero attached hydrogens (tertiary/aromatic N) is 3. The van der Waals surface area contributed by atoms with E-state index in [0.29, 0.717) is 24.5 Å². The lowest BCUT2D eigenvalue weighted by Crippen LogP contribution is -2.32. The van der Waals surface area contributed by atoms with Gasteiger partial charge in [0.15, 0.2) is 0 Å². The summed E-state index contributed by atoms with van der Waals surface area (Å²) >= 11 is 0. The number of esters is 1. The Labute approximate surface area is 111 Å². The number of nitrogen functional groups attached to an aromatic ring is 1. The fraction of sp³-hybridized carbons (Fsp3) is 0.583. The lowest BCUT2D eigenvalue weighted by atomic mass is 9.99. The minimum atomic E-state index is -0.277. The quantitative estimate of drug-likeness (QED) is 0.754. The van der Waals surface area contributed by atoms with Crippen LogP contribution in [-0.4, -0.2) is 46.8 Å². The first-order chi connectivity index (χ1) is 8.95. The number of likely N-dealkylation sites (tertiary alicyclic amines) is 1. The van der Waals surface area contributed by atoms with E-state index in [1.165, 1.54) is 18.0 Å². The van der Waals surface area contributed by atoms with E-state index in [1.807, 2.05) is 6.92 Å². The number of methoxy groups -OCH3 is 1. The Balaban J connectivity index is 2.17. The zero-order chi connectivity index (χ0) is 14.2. The molecule has 1 saturated heterocycles. The van der Waals surface area contributed by atoms with E-state index in [0.717, 1.165) is 0 Å². The first-order valence-electron chi connectivity index (χ1n) is 6.10. The molecule has 2 unspecified atom stereocenters. The molecule has 7 nitrogen and oxygen atoms in total. The van der Waals surface area contributed by atoms with Crippen LogP contribution in [0.1, 0.15) is 17.4 Å². The maximum Gasteiger partial charge on any atom is 0.310 e. The van der Waals surface area contributed by atoms with Gasteiger partial charge >= 0.3 is 5.97 Å². The first-order valence-corrected chi connectivity index (χ1v) is 6.10. The summed E-state index contributed by atoms with van der Waals surface area (Å²) < 4.78 is 6.20. The van der Waals surface area contributed by atoms with E-state index in [2.05, 4.69) is 5.10 Å². The predicted octanol–water partition coefficient (Wildman–Crippen LogP) is -0.117. The number of hydrogen-bond donors (Lipinski definition) is 1. The number of hydrogen-bond acceptors (Lipinski definition) is 5. The molecule has 2 rings (SSSR count). The van der Waals surface area contributed by atoms with Crippen molar-refractivity contribution in [2.24, 2.45) is 18.9 Å². The minimum Gasteiger partial charge on any atom is -0.469 e. The van der Waals surface area contributed by atoms with Gasteiger partial charge in [-0.3, -0.25) is 14.3 Å². The van der Waals surface area contributed by atoms with Gasteiger partial charge in [0.05, 0.1) is 24.9 Å².